The van der Waals surface area contributed by atoms with Crippen molar-refractivity contribution < 1.29 is 4.74 Å². The fraction of sp³-hybridized carbons (Fsp3) is 0.538. The molecule has 1 aliphatic rings. The Morgan fingerprint density at radius 2 is 2.31 bits per heavy atom. The van der Waals surface area contributed by atoms with Gasteiger partial charge in [-0.1, -0.05) is 24.3 Å². The van der Waals surface area contributed by atoms with Crippen molar-refractivity contribution in [1.82, 2.24) is 0 Å². The van der Waals surface area contributed by atoms with Gasteiger partial charge >= 0.3 is 0 Å². The summed E-state index contributed by atoms with van der Waals surface area (Å²) >= 11 is 1.80. The summed E-state index contributed by atoms with van der Waals surface area (Å²) in [5.41, 5.74) is 8.84. The molecular weight excluding hydrogens is 218 g/mol. The molecule has 0 bridgehead atoms. The van der Waals surface area contributed by atoms with Gasteiger partial charge in [-0.25, -0.2) is 0 Å². The molecule has 0 radical (unpaired) electrons. The van der Waals surface area contributed by atoms with Gasteiger partial charge in [0.1, 0.15) is 0 Å². The Kier molecular flexibility index (Phi) is 4.27. The minimum atomic E-state index is 0.201. The maximum absolute atomic E-state index is 6.07. The van der Waals surface area contributed by atoms with Gasteiger partial charge in [-0.3, -0.25) is 0 Å². The van der Waals surface area contributed by atoms with E-state index < -0.39 is 0 Å². The average molecular weight is 237 g/mol. The molecule has 0 saturated heterocycles. The standard InChI is InChI=1S/C13H19NOS/c1-16-9-11(14)8-13-12-5-3-2-4-10(12)6-7-15-13/h2-5,11,13H,6-9,14H2,1H3. The summed E-state index contributed by atoms with van der Waals surface area (Å²) in [4.78, 5) is 0. The highest BCUT2D eigenvalue weighted by Gasteiger charge is 2.22. The van der Waals surface area contributed by atoms with E-state index in [1.54, 1.807) is 11.8 Å². The predicted molar refractivity (Wildman–Crippen MR) is 69.8 cm³/mol. The third-order valence-electron chi connectivity index (χ3n) is 2.99. The number of hydrogen-bond donors (Lipinski definition) is 1. The number of rotatable bonds is 4. The number of fused-ring (bicyclic) bond motifs is 1. The van der Waals surface area contributed by atoms with E-state index in [1.807, 2.05) is 0 Å². The number of benzene rings is 1. The van der Waals surface area contributed by atoms with Crippen LogP contribution in [0.15, 0.2) is 24.3 Å². The van der Waals surface area contributed by atoms with Crippen molar-refractivity contribution in [2.45, 2.75) is 25.0 Å². The minimum absolute atomic E-state index is 0.201. The topological polar surface area (TPSA) is 35.2 Å². The Balaban J connectivity index is 2.07. The van der Waals surface area contributed by atoms with Gasteiger partial charge < -0.3 is 10.5 Å². The molecule has 16 heavy (non-hydrogen) atoms. The number of thioether (sulfide) groups is 1. The highest BCUT2D eigenvalue weighted by Crippen LogP contribution is 2.30. The lowest BCUT2D eigenvalue weighted by molar-refractivity contribution is 0.0334. The molecule has 0 saturated carbocycles. The van der Waals surface area contributed by atoms with Gasteiger partial charge in [0.15, 0.2) is 0 Å². The average Bonchev–Trinajstić information content (AvgIpc) is 2.30. The lowest BCUT2D eigenvalue weighted by atomic mass is 9.94. The second-order valence-electron chi connectivity index (χ2n) is 4.26. The largest absolute Gasteiger partial charge is 0.373 e. The Morgan fingerprint density at radius 3 is 3.12 bits per heavy atom. The molecule has 2 N–H and O–H groups in total. The molecule has 3 heteroatoms. The minimum Gasteiger partial charge on any atom is -0.373 e. The normalized spacial score (nSPS) is 21.5. The van der Waals surface area contributed by atoms with E-state index in [1.165, 1.54) is 11.1 Å². The smallest absolute Gasteiger partial charge is 0.0842 e. The molecule has 0 aromatic heterocycles. The first-order valence-corrected chi connectivity index (χ1v) is 7.14. The molecule has 1 aliphatic heterocycles. The maximum atomic E-state index is 6.07. The van der Waals surface area contributed by atoms with Gasteiger partial charge in [-0.15, -0.1) is 0 Å². The molecule has 1 heterocycles. The Morgan fingerprint density at radius 1 is 1.50 bits per heavy atom. The van der Waals surface area contributed by atoms with Gasteiger partial charge in [0.05, 0.1) is 12.7 Å². The van der Waals surface area contributed by atoms with Crippen molar-refractivity contribution >= 4 is 11.8 Å². The van der Waals surface area contributed by atoms with E-state index >= 15 is 0 Å². The summed E-state index contributed by atoms with van der Waals surface area (Å²) in [5, 5.41) is 0. The van der Waals surface area contributed by atoms with E-state index in [0.29, 0.717) is 0 Å². The molecule has 0 amide bonds. The van der Waals surface area contributed by atoms with E-state index in [-0.39, 0.29) is 12.1 Å². The van der Waals surface area contributed by atoms with Crippen molar-refractivity contribution in [2.24, 2.45) is 5.73 Å². The van der Waals surface area contributed by atoms with E-state index in [2.05, 4.69) is 30.5 Å². The molecule has 2 unspecified atom stereocenters. The van der Waals surface area contributed by atoms with E-state index in [0.717, 1.165) is 25.2 Å². The number of ether oxygens (including phenoxy) is 1. The first-order valence-electron chi connectivity index (χ1n) is 5.75. The molecule has 1 aromatic rings. The monoisotopic (exact) mass is 237 g/mol. The highest BCUT2D eigenvalue weighted by atomic mass is 32.2. The van der Waals surface area contributed by atoms with Crippen LogP contribution in [0.2, 0.25) is 0 Å². The lowest BCUT2D eigenvalue weighted by Gasteiger charge is -2.27. The van der Waals surface area contributed by atoms with Crippen molar-refractivity contribution in [3.63, 3.8) is 0 Å². The molecule has 0 spiro atoms. The van der Waals surface area contributed by atoms with Crippen molar-refractivity contribution in [3.05, 3.63) is 35.4 Å². The first kappa shape index (κ1) is 12.0. The Hall–Kier alpha value is -0.510. The van der Waals surface area contributed by atoms with Crippen LogP contribution < -0.4 is 5.73 Å². The summed E-state index contributed by atoms with van der Waals surface area (Å²) in [6, 6.07) is 8.78. The summed E-state index contributed by atoms with van der Waals surface area (Å²) in [6.45, 7) is 0.827. The van der Waals surface area contributed by atoms with Crippen LogP contribution in [-0.4, -0.2) is 24.7 Å². The zero-order valence-corrected chi connectivity index (χ0v) is 10.5. The van der Waals surface area contributed by atoms with Gasteiger partial charge in [0.2, 0.25) is 0 Å². The molecule has 0 aliphatic carbocycles. The Bertz CT molecular complexity index is 342. The van der Waals surface area contributed by atoms with Crippen LogP contribution in [0, 0.1) is 0 Å². The molecule has 2 atom stereocenters. The third kappa shape index (κ3) is 2.78. The van der Waals surface area contributed by atoms with Crippen LogP contribution >= 0.6 is 11.8 Å². The molecule has 1 aromatic carbocycles. The molecule has 2 nitrogen and oxygen atoms in total. The van der Waals surface area contributed by atoms with Crippen LogP contribution in [-0.2, 0) is 11.2 Å². The van der Waals surface area contributed by atoms with E-state index in [4.69, 9.17) is 10.5 Å². The molecule has 88 valence electrons. The third-order valence-corrected chi connectivity index (χ3v) is 3.75. The zero-order chi connectivity index (χ0) is 11.4. The first-order chi connectivity index (χ1) is 7.81. The van der Waals surface area contributed by atoms with E-state index in [9.17, 15) is 0 Å². The summed E-state index contributed by atoms with van der Waals surface area (Å²) in [6.07, 6.45) is 4.25. The Labute approximate surface area is 102 Å². The molecule has 2 rings (SSSR count). The molecular formula is C13H19NOS. The van der Waals surface area contributed by atoms with Crippen LogP contribution in [0.25, 0.3) is 0 Å². The highest BCUT2D eigenvalue weighted by molar-refractivity contribution is 7.98. The van der Waals surface area contributed by atoms with Crippen molar-refractivity contribution in [2.75, 3.05) is 18.6 Å². The van der Waals surface area contributed by atoms with Crippen LogP contribution in [0.5, 0.6) is 0 Å². The number of nitrogens with two attached hydrogens (primary N) is 1. The second kappa shape index (κ2) is 5.71. The van der Waals surface area contributed by atoms with Gasteiger partial charge in [0, 0.05) is 11.8 Å². The molecule has 0 fully saturated rings. The lowest BCUT2D eigenvalue weighted by Crippen LogP contribution is -2.28. The summed E-state index contributed by atoms with van der Waals surface area (Å²) < 4.78 is 5.83. The van der Waals surface area contributed by atoms with Gasteiger partial charge in [-0.05, 0) is 30.2 Å². The van der Waals surface area contributed by atoms with Crippen LogP contribution in [0.3, 0.4) is 0 Å². The van der Waals surface area contributed by atoms with Crippen LogP contribution in [0.1, 0.15) is 23.7 Å². The van der Waals surface area contributed by atoms with Crippen LogP contribution in [0.4, 0.5) is 0 Å². The predicted octanol–water partition coefficient (Wildman–Crippen LogP) is 2.38. The number of hydrogen-bond acceptors (Lipinski definition) is 3. The van der Waals surface area contributed by atoms with Crippen molar-refractivity contribution in [3.8, 4) is 0 Å². The second-order valence-corrected chi connectivity index (χ2v) is 5.17. The van der Waals surface area contributed by atoms with Gasteiger partial charge in [-0.2, -0.15) is 11.8 Å². The quantitative estimate of drug-likeness (QED) is 0.873. The van der Waals surface area contributed by atoms with Gasteiger partial charge in [0.25, 0.3) is 0 Å². The summed E-state index contributed by atoms with van der Waals surface area (Å²) in [5.74, 6) is 1.00. The maximum Gasteiger partial charge on any atom is 0.0842 e. The van der Waals surface area contributed by atoms with Crippen molar-refractivity contribution in [1.29, 1.82) is 0 Å². The summed E-state index contributed by atoms with van der Waals surface area (Å²) in [7, 11) is 0. The fourth-order valence-corrected chi connectivity index (χ4v) is 2.79. The SMILES string of the molecule is CSCC(N)CC1OCCc2ccccc21. The zero-order valence-electron chi connectivity index (χ0n) is 9.69. The fourth-order valence-electron chi connectivity index (χ4n) is 2.23.